The van der Waals surface area contributed by atoms with E-state index >= 15 is 0 Å². The number of likely N-dealkylation sites (tertiary alicyclic amines) is 1. The van der Waals surface area contributed by atoms with E-state index in [0.717, 1.165) is 53.7 Å². The molecule has 1 aromatic carbocycles. The van der Waals surface area contributed by atoms with Crippen molar-refractivity contribution in [3.8, 4) is 0 Å². The Morgan fingerprint density at radius 1 is 1.30 bits per heavy atom. The number of benzene rings is 1. The summed E-state index contributed by atoms with van der Waals surface area (Å²) in [7, 11) is 1.97. The van der Waals surface area contributed by atoms with E-state index in [9.17, 15) is 4.79 Å². The first-order valence-electron chi connectivity index (χ1n) is 8.46. The number of carbonyl (C=O) groups excluding carboxylic acids is 1. The molecule has 0 spiro atoms. The summed E-state index contributed by atoms with van der Waals surface area (Å²) >= 11 is 0. The van der Waals surface area contributed by atoms with Gasteiger partial charge in [0.05, 0.1) is 0 Å². The first kappa shape index (κ1) is 16.1. The molecule has 0 aliphatic carbocycles. The number of furan rings is 1. The molecule has 1 amide bonds. The highest BCUT2D eigenvalue weighted by Crippen LogP contribution is 2.32. The van der Waals surface area contributed by atoms with Crippen LogP contribution in [0, 0.1) is 26.7 Å². The first-order chi connectivity index (χ1) is 11.0. The Balaban J connectivity index is 1.94. The third-order valence-electron chi connectivity index (χ3n) is 4.98. The molecule has 1 aliphatic rings. The molecule has 4 nitrogen and oxygen atoms in total. The second kappa shape index (κ2) is 6.36. The summed E-state index contributed by atoms with van der Waals surface area (Å²) in [5.74, 6) is 1.09. The molecule has 1 saturated heterocycles. The summed E-state index contributed by atoms with van der Waals surface area (Å²) < 4.78 is 6.01. The van der Waals surface area contributed by atoms with Crippen molar-refractivity contribution in [3.05, 3.63) is 34.6 Å². The van der Waals surface area contributed by atoms with Gasteiger partial charge in [0.1, 0.15) is 5.58 Å². The highest BCUT2D eigenvalue weighted by molar-refractivity contribution is 6.00. The molecular weight excluding hydrogens is 288 g/mol. The largest absolute Gasteiger partial charge is 0.450 e. The minimum absolute atomic E-state index is 0.0401. The number of nitrogens with one attached hydrogen (secondary N) is 1. The van der Waals surface area contributed by atoms with Crippen LogP contribution in [0.15, 0.2) is 16.5 Å². The lowest BCUT2D eigenvalue weighted by molar-refractivity contribution is 0.0643. The number of fused-ring (bicyclic) bond motifs is 1. The van der Waals surface area contributed by atoms with Crippen LogP contribution in [0.1, 0.15) is 40.1 Å². The predicted octanol–water partition coefficient (Wildman–Crippen LogP) is 3.43. The monoisotopic (exact) mass is 314 g/mol. The molecule has 0 bridgehead atoms. The molecular formula is C19H26N2O2. The Morgan fingerprint density at radius 2 is 2.04 bits per heavy atom. The number of nitrogens with zero attached hydrogens (tertiary/aromatic N) is 1. The third kappa shape index (κ3) is 2.88. The highest BCUT2D eigenvalue weighted by atomic mass is 16.3. The molecule has 1 aromatic heterocycles. The Morgan fingerprint density at radius 3 is 2.74 bits per heavy atom. The van der Waals surface area contributed by atoms with Gasteiger partial charge in [0.25, 0.3) is 5.91 Å². The number of piperidine rings is 1. The van der Waals surface area contributed by atoms with E-state index in [-0.39, 0.29) is 5.91 Å². The third-order valence-corrected chi connectivity index (χ3v) is 4.98. The lowest BCUT2D eigenvalue weighted by atomic mass is 9.97. The van der Waals surface area contributed by atoms with Crippen molar-refractivity contribution in [3.63, 3.8) is 0 Å². The zero-order chi connectivity index (χ0) is 16.6. The van der Waals surface area contributed by atoms with Gasteiger partial charge < -0.3 is 14.6 Å². The standard InChI is InChI=1S/C19H26N2O2/c1-12-7-8-13(2)17-16(12)14(3)18(23-17)19(22)21-9-5-6-15(11-21)10-20-4/h7-8,15,20H,5-6,9-11H2,1-4H3. The van der Waals surface area contributed by atoms with Crippen LogP contribution in [-0.2, 0) is 0 Å². The Hall–Kier alpha value is -1.81. The molecule has 2 aromatic rings. The molecule has 3 rings (SSSR count). The van der Waals surface area contributed by atoms with E-state index in [4.69, 9.17) is 4.42 Å². The zero-order valence-electron chi connectivity index (χ0n) is 14.5. The summed E-state index contributed by atoms with van der Waals surface area (Å²) in [6, 6.07) is 4.15. The van der Waals surface area contributed by atoms with Crippen molar-refractivity contribution in [2.75, 3.05) is 26.7 Å². The van der Waals surface area contributed by atoms with Crippen molar-refractivity contribution in [1.82, 2.24) is 10.2 Å². The molecule has 2 heterocycles. The summed E-state index contributed by atoms with van der Waals surface area (Å²) in [5.41, 5.74) is 4.08. The highest BCUT2D eigenvalue weighted by Gasteiger charge is 2.28. The topological polar surface area (TPSA) is 45.5 Å². The molecule has 1 unspecified atom stereocenters. The van der Waals surface area contributed by atoms with E-state index in [1.54, 1.807) is 0 Å². The summed E-state index contributed by atoms with van der Waals surface area (Å²) in [4.78, 5) is 14.9. The number of aryl methyl sites for hydroxylation is 3. The molecule has 1 N–H and O–H groups in total. The van der Waals surface area contributed by atoms with Gasteiger partial charge in [-0.25, -0.2) is 0 Å². The fourth-order valence-corrected chi connectivity index (χ4v) is 3.73. The van der Waals surface area contributed by atoms with Gasteiger partial charge in [0, 0.05) is 24.0 Å². The minimum Gasteiger partial charge on any atom is -0.450 e. The van der Waals surface area contributed by atoms with Gasteiger partial charge in [-0.05, 0) is 64.3 Å². The van der Waals surface area contributed by atoms with Crippen LogP contribution in [-0.4, -0.2) is 37.5 Å². The summed E-state index contributed by atoms with van der Waals surface area (Å²) in [6.07, 6.45) is 2.25. The molecule has 0 radical (unpaired) electrons. The van der Waals surface area contributed by atoms with E-state index in [1.807, 2.05) is 25.8 Å². The van der Waals surface area contributed by atoms with Gasteiger partial charge >= 0.3 is 0 Å². The lowest BCUT2D eigenvalue weighted by Crippen LogP contribution is -2.42. The minimum atomic E-state index is 0.0401. The van der Waals surface area contributed by atoms with Crippen LogP contribution in [0.2, 0.25) is 0 Å². The quantitative estimate of drug-likeness (QED) is 0.944. The lowest BCUT2D eigenvalue weighted by Gasteiger charge is -2.32. The number of rotatable bonds is 3. The second-order valence-corrected chi connectivity index (χ2v) is 6.78. The summed E-state index contributed by atoms with van der Waals surface area (Å²) in [6.45, 7) is 8.70. The molecule has 1 atom stereocenters. The normalized spacial score (nSPS) is 18.6. The van der Waals surface area contributed by atoms with E-state index in [1.165, 1.54) is 6.42 Å². The van der Waals surface area contributed by atoms with Crippen LogP contribution >= 0.6 is 0 Å². The second-order valence-electron chi connectivity index (χ2n) is 6.78. The molecule has 124 valence electrons. The van der Waals surface area contributed by atoms with Crippen LogP contribution in [0.3, 0.4) is 0 Å². The Kier molecular flexibility index (Phi) is 4.44. The van der Waals surface area contributed by atoms with Crippen LogP contribution in [0.4, 0.5) is 0 Å². The van der Waals surface area contributed by atoms with Gasteiger partial charge in [-0.15, -0.1) is 0 Å². The smallest absolute Gasteiger partial charge is 0.289 e. The average molecular weight is 314 g/mol. The molecule has 0 saturated carbocycles. The molecule has 4 heteroatoms. The average Bonchev–Trinajstić information content (AvgIpc) is 2.90. The summed E-state index contributed by atoms with van der Waals surface area (Å²) in [5, 5.41) is 4.32. The number of amides is 1. The Labute approximate surface area is 137 Å². The first-order valence-corrected chi connectivity index (χ1v) is 8.46. The maximum Gasteiger partial charge on any atom is 0.289 e. The van der Waals surface area contributed by atoms with E-state index in [2.05, 4.69) is 24.4 Å². The van der Waals surface area contributed by atoms with Crippen molar-refractivity contribution >= 4 is 16.9 Å². The maximum absolute atomic E-state index is 13.0. The number of carbonyl (C=O) groups is 1. The van der Waals surface area contributed by atoms with Gasteiger partial charge in [0.15, 0.2) is 5.76 Å². The zero-order valence-corrected chi connectivity index (χ0v) is 14.5. The van der Waals surface area contributed by atoms with Gasteiger partial charge in [-0.1, -0.05) is 12.1 Å². The SMILES string of the molecule is CNCC1CCCN(C(=O)c2oc3c(C)ccc(C)c3c2C)C1. The number of hydrogen-bond donors (Lipinski definition) is 1. The van der Waals surface area contributed by atoms with Gasteiger partial charge in [0.2, 0.25) is 0 Å². The fourth-order valence-electron chi connectivity index (χ4n) is 3.73. The van der Waals surface area contributed by atoms with Crippen LogP contribution < -0.4 is 5.32 Å². The van der Waals surface area contributed by atoms with Crippen molar-refractivity contribution in [2.24, 2.45) is 5.92 Å². The maximum atomic E-state index is 13.0. The molecule has 1 aliphatic heterocycles. The van der Waals surface area contributed by atoms with Crippen molar-refractivity contribution < 1.29 is 9.21 Å². The van der Waals surface area contributed by atoms with Crippen LogP contribution in [0.25, 0.3) is 11.0 Å². The Bertz CT molecular complexity index is 731. The van der Waals surface area contributed by atoms with Gasteiger partial charge in [-0.2, -0.15) is 0 Å². The predicted molar refractivity (Wildman–Crippen MR) is 93.0 cm³/mol. The van der Waals surface area contributed by atoms with E-state index < -0.39 is 0 Å². The molecule has 23 heavy (non-hydrogen) atoms. The molecule has 1 fully saturated rings. The number of hydrogen-bond acceptors (Lipinski definition) is 3. The van der Waals surface area contributed by atoms with Crippen molar-refractivity contribution in [1.29, 1.82) is 0 Å². The van der Waals surface area contributed by atoms with E-state index in [0.29, 0.717) is 11.7 Å². The fraction of sp³-hybridized carbons (Fsp3) is 0.526. The van der Waals surface area contributed by atoms with Gasteiger partial charge in [-0.3, -0.25) is 4.79 Å². The van der Waals surface area contributed by atoms with Crippen molar-refractivity contribution in [2.45, 2.75) is 33.6 Å². The van der Waals surface area contributed by atoms with Crippen LogP contribution in [0.5, 0.6) is 0 Å².